The van der Waals surface area contributed by atoms with Gasteiger partial charge in [0.2, 0.25) is 5.91 Å². The van der Waals surface area contributed by atoms with Crippen LogP contribution in [0.15, 0.2) is 30.3 Å². The van der Waals surface area contributed by atoms with E-state index in [1.165, 1.54) is 7.11 Å². The van der Waals surface area contributed by atoms with Crippen molar-refractivity contribution in [2.45, 2.75) is 13.0 Å². The predicted molar refractivity (Wildman–Crippen MR) is 69.4 cm³/mol. The van der Waals surface area contributed by atoms with E-state index in [9.17, 15) is 9.59 Å². The van der Waals surface area contributed by atoms with Crippen molar-refractivity contribution in [1.29, 1.82) is 5.26 Å². The summed E-state index contributed by atoms with van der Waals surface area (Å²) in [7, 11) is 1.51. The predicted octanol–water partition coefficient (Wildman–Crippen LogP) is 1.16. The van der Waals surface area contributed by atoms with Crippen LogP contribution in [0.3, 0.4) is 0 Å². The summed E-state index contributed by atoms with van der Waals surface area (Å²) < 4.78 is 4.88. The Labute approximate surface area is 112 Å². The van der Waals surface area contributed by atoms with E-state index in [2.05, 4.69) is 5.32 Å². The van der Waals surface area contributed by atoms with Gasteiger partial charge in [-0.2, -0.15) is 5.26 Å². The molecular formula is C14H16N2O3. The van der Waals surface area contributed by atoms with Crippen LogP contribution in [0, 0.1) is 17.2 Å². The van der Waals surface area contributed by atoms with Gasteiger partial charge in [-0.25, -0.2) is 0 Å². The van der Waals surface area contributed by atoms with Crippen molar-refractivity contribution >= 4 is 11.7 Å². The third kappa shape index (κ3) is 4.19. The quantitative estimate of drug-likeness (QED) is 0.615. The lowest BCUT2D eigenvalue weighted by Crippen LogP contribution is -2.41. The zero-order valence-electron chi connectivity index (χ0n) is 10.9. The average molecular weight is 260 g/mol. The second-order valence-corrected chi connectivity index (χ2v) is 4.16. The third-order valence-corrected chi connectivity index (χ3v) is 2.52. The Bertz CT molecular complexity index is 479. The molecule has 0 spiro atoms. The number of methoxy groups -OCH3 is 1. The van der Waals surface area contributed by atoms with Gasteiger partial charge >= 0.3 is 0 Å². The number of nitrogens with one attached hydrogen (secondary N) is 1. The largest absolute Gasteiger partial charge is 0.383 e. The minimum Gasteiger partial charge on any atom is -0.383 e. The lowest BCUT2D eigenvalue weighted by Gasteiger charge is -2.15. The Balaban J connectivity index is 2.76. The van der Waals surface area contributed by atoms with E-state index in [1.807, 2.05) is 0 Å². The van der Waals surface area contributed by atoms with Gasteiger partial charge in [-0.05, 0) is 6.92 Å². The molecule has 0 aliphatic carbocycles. The maximum absolute atomic E-state index is 12.0. The number of ether oxygens (including phenoxy) is 1. The van der Waals surface area contributed by atoms with Crippen LogP contribution in [-0.2, 0) is 9.53 Å². The van der Waals surface area contributed by atoms with Crippen molar-refractivity contribution < 1.29 is 14.3 Å². The second kappa shape index (κ2) is 7.29. The highest BCUT2D eigenvalue weighted by atomic mass is 16.5. The van der Waals surface area contributed by atoms with Crippen LogP contribution < -0.4 is 5.32 Å². The molecule has 5 nitrogen and oxygen atoms in total. The van der Waals surface area contributed by atoms with Gasteiger partial charge < -0.3 is 10.1 Å². The summed E-state index contributed by atoms with van der Waals surface area (Å²) in [5.74, 6) is -2.42. The van der Waals surface area contributed by atoms with E-state index in [-0.39, 0.29) is 6.04 Å². The van der Waals surface area contributed by atoms with Crippen molar-refractivity contribution in [2.24, 2.45) is 5.92 Å². The van der Waals surface area contributed by atoms with Gasteiger partial charge in [0.1, 0.15) is 0 Å². The normalized spacial score (nSPS) is 13.1. The molecule has 5 heteroatoms. The molecule has 0 radical (unpaired) electrons. The molecule has 0 heterocycles. The molecule has 19 heavy (non-hydrogen) atoms. The summed E-state index contributed by atoms with van der Waals surface area (Å²) >= 11 is 0. The topological polar surface area (TPSA) is 79.2 Å². The van der Waals surface area contributed by atoms with Gasteiger partial charge in [0.25, 0.3) is 0 Å². The van der Waals surface area contributed by atoms with Crippen molar-refractivity contribution in [3.05, 3.63) is 35.9 Å². The number of hydrogen-bond acceptors (Lipinski definition) is 4. The van der Waals surface area contributed by atoms with Crippen molar-refractivity contribution in [1.82, 2.24) is 5.32 Å². The van der Waals surface area contributed by atoms with Crippen LogP contribution >= 0.6 is 0 Å². The average Bonchev–Trinajstić information content (AvgIpc) is 2.40. The highest BCUT2D eigenvalue weighted by molar-refractivity contribution is 6.12. The number of carbonyl (C=O) groups is 2. The van der Waals surface area contributed by atoms with Gasteiger partial charge in [-0.15, -0.1) is 0 Å². The first kappa shape index (κ1) is 14.9. The summed E-state index contributed by atoms with van der Waals surface area (Å²) in [4.78, 5) is 23.9. The Morgan fingerprint density at radius 3 is 2.53 bits per heavy atom. The molecule has 1 N–H and O–H groups in total. The van der Waals surface area contributed by atoms with Crippen LogP contribution in [0.1, 0.15) is 17.3 Å². The van der Waals surface area contributed by atoms with E-state index in [1.54, 1.807) is 43.3 Å². The van der Waals surface area contributed by atoms with Crippen LogP contribution in [-0.4, -0.2) is 31.4 Å². The smallest absolute Gasteiger partial charge is 0.245 e. The molecule has 1 aromatic carbocycles. The zero-order chi connectivity index (χ0) is 14.3. The highest BCUT2D eigenvalue weighted by Gasteiger charge is 2.28. The van der Waals surface area contributed by atoms with Crippen LogP contribution in [0.5, 0.6) is 0 Å². The van der Waals surface area contributed by atoms with Crippen LogP contribution in [0.2, 0.25) is 0 Å². The molecule has 0 bridgehead atoms. The maximum atomic E-state index is 12.0. The Kier molecular flexibility index (Phi) is 5.71. The molecule has 0 aromatic heterocycles. The first-order valence-electron chi connectivity index (χ1n) is 5.88. The number of nitriles is 1. The van der Waals surface area contributed by atoms with Crippen LogP contribution in [0.4, 0.5) is 0 Å². The highest BCUT2D eigenvalue weighted by Crippen LogP contribution is 2.09. The molecule has 1 amide bonds. The van der Waals surface area contributed by atoms with E-state index in [0.29, 0.717) is 12.2 Å². The molecule has 0 fully saturated rings. The van der Waals surface area contributed by atoms with Gasteiger partial charge in [0.05, 0.1) is 12.7 Å². The zero-order valence-corrected chi connectivity index (χ0v) is 10.9. The maximum Gasteiger partial charge on any atom is 0.245 e. The van der Waals surface area contributed by atoms with E-state index in [4.69, 9.17) is 10.00 Å². The number of carbonyl (C=O) groups excluding carboxylic acids is 2. The molecule has 0 saturated carbocycles. The van der Waals surface area contributed by atoms with Crippen molar-refractivity contribution in [3.63, 3.8) is 0 Å². The summed E-state index contributed by atoms with van der Waals surface area (Å²) in [5.41, 5.74) is 0.351. The van der Waals surface area contributed by atoms with Gasteiger partial charge in [0, 0.05) is 18.7 Å². The summed E-state index contributed by atoms with van der Waals surface area (Å²) in [6.07, 6.45) is 0. The van der Waals surface area contributed by atoms with E-state index >= 15 is 0 Å². The number of benzene rings is 1. The summed E-state index contributed by atoms with van der Waals surface area (Å²) in [6, 6.07) is 9.79. The summed E-state index contributed by atoms with van der Waals surface area (Å²) in [5, 5.41) is 11.6. The number of Topliss-reactive ketones (excluding diaryl/α,β-unsaturated/α-hetero) is 1. The van der Waals surface area contributed by atoms with Gasteiger partial charge in [-0.1, -0.05) is 30.3 Å². The first-order valence-corrected chi connectivity index (χ1v) is 5.88. The molecule has 0 saturated heterocycles. The lowest BCUT2D eigenvalue weighted by molar-refractivity contribution is -0.123. The summed E-state index contributed by atoms with van der Waals surface area (Å²) in [6.45, 7) is 2.06. The minimum atomic E-state index is -1.33. The number of nitrogens with zero attached hydrogens (tertiary/aromatic N) is 1. The molecule has 1 rings (SSSR count). The molecule has 1 aromatic rings. The lowest BCUT2D eigenvalue weighted by atomic mass is 9.98. The first-order chi connectivity index (χ1) is 9.10. The SMILES string of the molecule is COC[C@H](C)NC(=O)[C@@H](C#N)C(=O)c1ccccc1. The molecule has 0 aliphatic heterocycles. The Hall–Kier alpha value is -2.19. The van der Waals surface area contributed by atoms with E-state index in [0.717, 1.165) is 0 Å². The second-order valence-electron chi connectivity index (χ2n) is 4.16. The van der Waals surface area contributed by atoms with E-state index < -0.39 is 17.6 Å². The van der Waals surface area contributed by atoms with Crippen molar-refractivity contribution in [2.75, 3.05) is 13.7 Å². The van der Waals surface area contributed by atoms with Gasteiger partial charge in [0.15, 0.2) is 11.7 Å². The number of rotatable bonds is 6. The minimum absolute atomic E-state index is 0.253. The standard InChI is InChI=1S/C14H16N2O3/c1-10(9-19-2)16-14(18)12(8-15)13(17)11-6-4-3-5-7-11/h3-7,10,12H,9H2,1-2H3,(H,16,18)/t10-,12-/m0/s1. The fourth-order valence-corrected chi connectivity index (χ4v) is 1.62. The molecule has 0 unspecified atom stereocenters. The monoisotopic (exact) mass is 260 g/mol. The fraction of sp³-hybridized carbons (Fsp3) is 0.357. The number of hydrogen-bond donors (Lipinski definition) is 1. The molecule has 2 atom stereocenters. The molecule has 0 aliphatic rings. The third-order valence-electron chi connectivity index (χ3n) is 2.52. The fourth-order valence-electron chi connectivity index (χ4n) is 1.62. The van der Waals surface area contributed by atoms with Crippen molar-refractivity contribution in [3.8, 4) is 6.07 Å². The molecule has 100 valence electrons. The Morgan fingerprint density at radius 2 is 2.00 bits per heavy atom. The number of amides is 1. The Morgan fingerprint density at radius 1 is 1.37 bits per heavy atom. The van der Waals surface area contributed by atoms with Gasteiger partial charge in [-0.3, -0.25) is 9.59 Å². The number of ketones is 1. The molecular weight excluding hydrogens is 244 g/mol. The van der Waals surface area contributed by atoms with Crippen LogP contribution in [0.25, 0.3) is 0 Å².